The Hall–Kier alpha value is -0.610. The summed E-state index contributed by atoms with van der Waals surface area (Å²) < 4.78 is 12.3. The van der Waals surface area contributed by atoms with Crippen LogP contribution in [0.5, 0.6) is 0 Å². The Morgan fingerprint density at radius 3 is 1.50 bits per heavy atom. The van der Waals surface area contributed by atoms with Gasteiger partial charge in [0.15, 0.2) is 0 Å². The summed E-state index contributed by atoms with van der Waals surface area (Å²) >= 11 is 0. The van der Waals surface area contributed by atoms with Crippen LogP contribution in [0.15, 0.2) is 0 Å². The third-order valence-corrected chi connectivity index (χ3v) is 6.72. The molecule has 0 aromatic rings. The van der Waals surface area contributed by atoms with E-state index in [1.54, 1.807) is 0 Å². The van der Waals surface area contributed by atoms with E-state index in [1.807, 2.05) is 0 Å². The molecule has 0 bridgehead atoms. The van der Waals surface area contributed by atoms with E-state index < -0.39 is 12.3 Å². The maximum atomic E-state index is 11.9. The summed E-state index contributed by atoms with van der Waals surface area (Å²) in [5, 5.41) is 9.77. The fraction of sp³-hybridized carbons (Fsp3) is 0.955. The van der Waals surface area contributed by atoms with Crippen LogP contribution < -0.4 is 0 Å². The number of hydrogen-bond acceptors (Lipinski definition) is 3. The van der Waals surface area contributed by atoms with E-state index in [0.717, 1.165) is 25.7 Å². The van der Waals surface area contributed by atoms with Crippen molar-refractivity contribution in [3.05, 3.63) is 0 Å². The first-order valence-electron chi connectivity index (χ1n) is 10.7. The minimum atomic E-state index is -1.14. The van der Waals surface area contributed by atoms with Crippen molar-refractivity contribution in [3.8, 4) is 0 Å². The molecule has 0 spiro atoms. The average molecular weight is 369 g/mol. The molecule has 26 heavy (non-hydrogen) atoms. The number of ether oxygens (including phenoxy) is 2. The lowest BCUT2D eigenvalue weighted by atomic mass is 9.75. The zero-order valence-electron chi connectivity index (χ0n) is 17.6. The van der Waals surface area contributed by atoms with Gasteiger partial charge in [-0.05, 0) is 61.2 Å². The molecule has 6 atom stereocenters. The highest BCUT2D eigenvalue weighted by Gasteiger charge is 2.39. The van der Waals surface area contributed by atoms with Crippen LogP contribution in [0.4, 0.5) is 0 Å². The molecular formula is C22H40O4. The molecule has 2 saturated carbocycles. The van der Waals surface area contributed by atoms with Gasteiger partial charge in [0.1, 0.15) is 0 Å². The molecule has 2 fully saturated rings. The molecule has 2 rings (SSSR count). The molecule has 152 valence electrons. The van der Waals surface area contributed by atoms with Gasteiger partial charge in [0, 0.05) is 0 Å². The van der Waals surface area contributed by atoms with E-state index in [4.69, 9.17) is 9.47 Å². The summed E-state index contributed by atoms with van der Waals surface area (Å²) in [5.74, 6) is 2.03. The predicted octanol–water partition coefficient (Wildman–Crippen LogP) is 5.35. The number of carboxylic acid groups (broad SMARTS) is 1. The summed E-state index contributed by atoms with van der Waals surface area (Å²) in [6, 6.07) is 0. The minimum absolute atomic E-state index is 0.0154. The van der Waals surface area contributed by atoms with Gasteiger partial charge in [-0.15, -0.1) is 0 Å². The van der Waals surface area contributed by atoms with Crippen LogP contribution in [0.25, 0.3) is 0 Å². The Labute approximate surface area is 160 Å². The van der Waals surface area contributed by atoms with Gasteiger partial charge in [-0.3, -0.25) is 0 Å². The van der Waals surface area contributed by atoms with Crippen LogP contribution in [-0.4, -0.2) is 29.6 Å². The number of hydrogen-bond donors (Lipinski definition) is 1. The highest BCUT2D eigenvalue weighted by molar-refractivity contribution is 5.70. The monoisotopic (exact) mass is 368 g/mol. The number of aliphatic carboxylic acids is 1. The molecule has 1 N–H and O–H groups in total. The fourth-order valence-corrected chi connectivity index (χ4v) is 5.01. The van der Waals surface area contributed by atoms with Gasteiger partial charge in [-0.1, -0.05) is 54.4 Å². The lowest BCUT2D eigenvalue weighted by molar-refractivity contribution is -0.238. The second-order valence-corrected chi connectivity index (χ2v) is 9.67. The van der Waals surface area contributed by atoms with Crippen LogP contribution in [0.1, 0.15) is 80.1 Å². The maximum absolute atomic E-state index is 11.9. The highest BCUT2D eigenvalue weighted by atomic mass is 16.7. The topological polar surface area (TPSA) is 55.8 Å². The van der Waals surface area contributed by atoms with Gasteiger partial charge >= 0.3 is 5.97 Å². The molecule has 0 radical (unpaired) electrons. The van der Waals surface area contributed by atoms with Crippen molar-refractivity contribution in [1.82, 2.24) is 0 Å². The number of carbonyl (C=O) groups is 1. The molecule has 2 aliphatic carbocycles. The quantitative estimate of drug-likeness (QED) is 0.615. The van der Waals surface area contributed by atoms with E-state index in [9.17, 15) is 9.90 Å². The Bertz CT molecular complexity index is 413. The van der Waals surface area contributed by atoms with Crippen LogP contribution >= 0.6 is 0 Å². The van der Waals surface area contributed by atoms with Crippen molar-refractivity contribution in [3.63, 3.8) is 0 Å². The standard InChI is InChI=1S/C22H40O4/c1-13(2)17-9-7-15(5)11-19(17)25-22(21(23)24)26-20-12-16(6)8-10-18(20)14(3)4/h13-20,22H,7-12H2,1-6H3,(H,23,24). The zero-order valence-corrected chi connectivity index (χ0v) is 17.6. The van der Waals surface area contributed by atoms with E-state index in [0.29, 0.717) is 35.5 Å². The van der Waals surface area contributed by atoms with E-state index in [2.05, 4.69) is 41.5 Å². The lowest BCUT2D eigenvalue weighted by Crippen LogP contribution is -2.44. The molecule has 0 heterocycles. The lowest BCUT2D eigenvalue weighted by Gasteiger charge is -2.41. The Kier molecular flexibility index (Phi) is 7.96. The zero-order chi connectivity index (χ0) is 19.4. The van der Waals surface area contributed by atoms with Gasteiger partial charge < -0.3 is 14.6 Å². The molecule has 0 saturated heterocycles. The van der Waals surface area contributed by atoms with E-state index in [-0.39, 0.29) is 12.2 Å². The van der Waals surface area contributed by atoms with Crippen LogP contribution in [-0.2, 0) is 14.3 Å². The maximum Gasteiger partial charge on any atom is 0.361 e. The molecule has 0 aliphatic heterocycles. The first kappa shape index (κ1) is 21.7. The van der Waals surface area contributed by atoms with Crippen LogP contribution in [0.3, 0.4) is 0 Å². The predicted molar refractivity (Wildman–Crippen MR) is 104 cm³/mol. The molecule has 6 unspecified atom stereocenters. The molecule has 0 aromatic heterocycles. The average Bonchev–Trinajstić information content (AvgIpc) is 2.53. The van der Waals surface area contributed by atoms with Gasteiger partial charge in [-0.2, -0.15) is 0 Å². The molecule has 0 amide bonds. The largest absolute Gasteiger partial charge is 0.477 e. The van der Waals surface area contributed by atoms with Crippen molar-refractivity contribution in [1.29, 1.82) is 0 Å². The summed E-state index contributed by atoms with van der Waals surface area (Å²) in [6.45, 7) is 13.3. The second kappa shape index (κ2) is 9.54. The third-order valence-electron chi connectivity index (χ3n) is 6.72. The summed E-state index contributed by atoms with van der Waals surface area (Å²) in [5.41, 5.74) is 0. The molecule has 2 aliphatic rings. The van der Waals surface area contributed by atoms with Crippen LogP contribution in [0, 0.1) is 35.5 Å². The van der Waals surface area contributed by atoms with Crippen LogP contribution in [0.2, 0.25) is 0 Å². The Balaban J connectivity index is 2.08. The fourth-order valence-electron chi connectivity index (χ4n) is 5.01. The van der Waals surface area contributed by atoms with Crippen molar-refractivity contribution in [2.75, 3.05) is 0 Å². The minimum Gasteiger partial charge on any atom is -0.477 e. The van der Waals surface area contributed by atoms with E-state index >= 15 is 0 Å². The first-order chi connectivity index (χ1) is 12.2. The Morgan fingerprint density at radius 1 is 0.808 bits per heavy atom. The van der Waals surface area contributed by atoms with Crippen molar-refractivity contribution < 1.29 is 19.4 Å². The summed E-state index contributed by atoms with van der Waals surface area (Å²) in [4.78, 5) is 11.9. The van der Waals surface area contributed by atoms with Gasteiger partial charge in [0.2, 0.25) is 0 Å². The molecule has 4 heteroatoms. The second-order valence-electron chi connectivity index (χ2n) is 9.67. The Morgan fingerprint density at radius 2 is 1.19 bits per heavy atom. The SMILES string of the molecule is CC1CCC(C(C)C)C(OC(OC2CC(C)CCC2C(C)C)C(=O)O)C1. The normalized spacial score (nSPS) is 37.1. The number of rotatable bonds is 7. The van der Waals surface area contributed by atoms with Crippen molar-refractivity contribution in [2.24, 2.45) is 35.5 Å². The summed E-state index contributed by atoms with van der Waals surface area (Å²) in [7, 11) is 0. The van der Waals surface area contributed by atoms with Gasteiger partial charge in [0.05, 0.1) is 12.2 Å². The van der Waals surface area contributed by atoms with Crippen molar-refractivity contribution >= 4 is 5.97 Å². The van der Waals surface area contributed by atoms with Gasteiger partial charge in [0.25, 0.3) is 6.29 Å². The third kappa shape index (κ3) is 5.69. The first-order valence-corrected chi connectivity index (χ1v) is 10.7. The number of carboxylic acids is 1. The molecule has 4 nitrogen and oxygen atoms in total. The smallest absolute Gasteiger partial charge is 0.361 e. The van der Waals surface area contributed by atoms with E-state index in [1.165, 1.54) is 12.8 Å². The van der Waals surface area contributed by atoms with Crippen molar-refractivity contribution in [2.45, 2.75) is 98.6 Å². The highest BCUT2D eigenvalue weighted by Crippen LogP contribution is 2.38. The summed E-state index contributed by atoms with van der Waals surface area (Å²) in [6.07, 6.45) is 5.35. The molecule has 0 aromatic carbocycles. The van der Waals surface area contributed by atoms with Gasteiger partial charge in [-0.25, -0.2) is 4.79 Å². The molecular weight excluding hydrogens is 328 g/mol.